The number of aromatic nitrogens is 1. The Morgan fingerprint density at radius 3 is 2.45 bits per heavy atom. The van der Waals surface area contributed by atoms with Gasteiger partial charge in [0.15, 0.2) is 5.78 Å². The molecule has 1 heterocycles. The number of hydrogen-bond acceptors (Lipinski definition) is 3. The first-order chi connectivity index (χ1) is 9.65. The maximum absolute atomic E-state index is 11.9. The van der Waals surface area contributed by atoms with E-state index in [1.54, 1.807) is 36.5 Å². The van der Waals surface area contributed by atoms with Crippen molar-refractivity contribution in [1.29, 1.82) is 0 Å². The van der Waals surface area contributed by atoms with Crippen molar-refractivity contribution >= 4 is 23.6 Å². The molecule has 100 valence electrons. The second-order valence-corrected chi connectivity index (χ2v) is 3.96. The predicted molar refractivity (Wildman–Crippen MR) is 75.7 cm³/mol. The molecule has 2 aromatic rings. The molecular weight excluding hydrogens is 256 g/mol. The van der Waals surface area contributed by atoms with Crippen LogP contribution in [0.25, 0.3) is 6.08 Å². The van der Waals surface area contributed by atoms with Gasteiger partial charge < -0.3 is 5.11 Å². The third kappa shape index (κ3) is 3.78. The molecule has 0 spiro atoms. The van der Waals surface area contributed by atoms with Gasteiger partial charge in [0.1, 0.15) is 0 Å². The van der Waals surface area contributed by atoms with Crippen molar-refractivity contribution in [3.8, 4) is 0 Å². The fourth-order valence-corrected chi connectivity index (χ4v) is 1.57. The molecular formula is C15H12N2O3. The van der Waals surface area contributed by atoms with E-state index in [0.717, 1.165) is 0 Å². The maximum Gasteiger partial charge on any atom is 0.409 e. The minimum Gasteiger partial charge on any atom is -0.465 e. The van der Waals surface area contributed by atoms with Gasteiger partial charge in [-0.3, -0.25) is 15.1 Å². The summed E-state index contributed by atoms with van der Waals surface area (Å²) in [5, 5.41) is 10.8. The molecule has 0 saturated carbocycles. The van der Waals surface area contributed by atoms with Gasteiger partial charge in [-0.05, 0) is 48.6 Å². The van der Waals surface area contributed by atoms with Gasteiger partial charge in [0.05, 0.1) is 5.69 Å². The van der Waals surface area contributed by atoms with E-state index in [1.165, 1.54) is 18.2 Å². The normalized spacial score (nSPS) is 10.4. The second-order valence-electron chi connectivity index (χ2n) is 3.96. The van der Waals surface area contributed by atoms with Crippen molar-refractivity contribution in [2.45, 2.75) is 0 Å². The zero-order chi connectivity index (χ0) is 14.4. The molecule has 2 N–H and O–H groups in total. The van der Waals surface area contributed by atoms with Crippen LogP contribution in [0.1, 0.15) is 16.1 Å². The van der Waals surface area contributed by atoms with Gasteiger partial charge in [-0.25, -0.2) is 4.79 Å². The van der Waals surface area contributed by atoms with Crippen molar-refractivity contribution < 1.29 is 14.7 Å². The van der Waals surface area contributed by atoms with Crippen LogP contribution in [0.5, 0.6) is 0 Å². The smallest absolute Gasteiger partial charge is 0.409 e. The summed E-state index contributed by atoms with van der Waals surface area (Å²) < 4.78 is 0. The number of allylic oxidation sites excluding steroid dienone is 1. The summed E-state index contributed by atoms with van der Waals surface area (Å²) in [6, 6.07) is 11.6. The lowest BCUT2D eigenvalue weighted by molar-refractivity contribution is 0.104. The van der Waals surface area contributed by atoms with Crippen molar-refractivity contribution in [2.24, 2.45) is 0 Å². The Balaban J connectivity index is 2.06. The Labute approximate surface area is 115 Å². The number of nitrogens with zero attached hydrogens (tertiary/aromatic N) is 1. The molecule has 0 saturated heterocycles. The molecule has 20 heavy (non-hydrogen) atoms. The van der Waals surface area contributed by atoms with Crippen molar-refractivity contribution in [1.82, 2.24) is 4.98 Å². The van der Waals surface area contributed by atoms with Gasteiger partial charge >= 0.3 is 6.09 Å². The average molecular weight is 268 g/mol. The van der Waals surface area contributed by atoms with Crippen LogP contribution in [0.4, 0.5) is 10.5 Å². The number of carbonyl (C=O) groups is 2. The first kappa shape index (κ1) is 13.5. The molecule has 1 amide bonds. The molecule has 0 bridgehead atoms. The fourth-order valence-electron chi connectivity index (χ4n) is 1.57. The van der Waals surface area contributed by atoms with E-state index in [-0.39, 0.29) is 5.78 Å². The Morgan fingerprint density at radius 2 is 1.85 bits per heavy atom. The van der Waals surface area contributed by atoms with Gasteiger partial charge in [-0.15, -0.1) is 0 Å². The Morgan fingerprint density at radius 1 is 1.10 bits per heavy atom. The van der Waals surface area contributed by atoms with E-state index < -0.39 is 6.09 Å². The summed E-state index contributed by atoms with van der Waals surface area (Å²) in [6.45, 7) is 0. The predicted octanol–water partition coefficient (Wildman–Crippen LogP) is 3.07. The van der Waals surface area contributed by atoms with Gasteiger partial charge in [-0.2, -0.15) is 0 Å². The topological polar surface area (TPSA) is 79.3 Å². The number of carboxylic acid groups (broad SMARTS) is 1. The zero-order valence-electron chi connectivity index (χ0n) is 10.5. The number of amides is 1. The third-order valence-electron chi connectivity index (χ3n) is 2.51. The second kappa shape index (κ2) is 6.29. The SMILES string of the molecule is O=C(O)Nc1ccc(C(=O)C=Cc2ccccn2)cc1. The van der Waals surface area contributed by atoms with Crippen molar-refractivity contribution in [3.63, 3.8) is 0 Å². The lowest BCUT2D eigenvalue weighted by Gasteiger charge is -2.01. The van der Waals surface area contributed by atoms with E-state index >= 15 is 0 Å². The van der Waals surface area contributed by atoms with E-state index in [1.807, 2.05) is 6.07 Å². The van der Waals surface area contributed by atoms with Gasteiger partial charge in [-0.1, -0.05) is 6.07 Å². The molecule has 0 fully saturated rings. The fraction of sp³-hybridized carbons (Fsp3) is 0. The summed E-state index contributed by atoms with van der Waals surface area (Å²) >= 11 is 0. The summed E-state index contributed by atoms with van der Waals surface area (Å²) in [6.07, 6.45) is 3.57. The molecule has 0 radical (unpaired) electrons. The summed E-state index contributed by atoms with van der Waals surface area (Å²) in [4.78, 5) is 26.4. The minimum atomic E-state index is -1.14. The molecule has 0 atom stereocenters. The zero-order valence-corrected chi connectivity index (χ0v) is 10.5. The molecule has 1 aromatic heterocycles. The number of ketones is 1. The highest BCUT2D eigenvalue weighted by molar-refractivity contribution is 6.07. The number of anilines is 1. The van der Waals surface area contributed by atoms with Crippen LogP contribution in [0.15, 0.2) is 54.7 Å². The molecule has 1 aromatic carbocycles. The number of hydrogen-bond donors (Lipinski definition) is 2. The van der Waals surface area contributed by atoms with Crippen LogP contribution in [-0.4, -0.2) is 22.0 Å². The summed E-state index contributed by atoms with van der Waals surface area (Å²) in [5.41, 5.74) is 1.60. The highest BCUT2D eigenvalue weighted by Gasteiger charge is 2.03. The molecule has 0 aliphatic rings. The molecule has 0 unspecified atom stereocenters. The lowest BCUT2D eigenvalue weighted by Crippen LogP contribution is -2.07. The molecule has 5 heteroatoms. The standard InChI is InChI=1S/C15H12N2O3/c18-14(9-8-12-3-1-2-10-16-12)11-4-6-13(7-5-11)17-15(19)20/h1-10,17H,(H,19,20). The maximum atomic E-state index is 11.9. The quantitative estimate of drug-likeness (QED) is 0.659. The highest BCUT2D eigenvalue weighted by atomic mass is 16.4. The first-order valence-corrected chi connectivity index (χ1v) is 5.88. The van der Waals surface area contributed by atoms with Crippen LogP contribution in [0.2, 0.25) is 0 Å². The summed E-state index contributed by atoms with van der Waals surface area (Å²) in [7, 11) is 0. The third-order valence-corrected chi connectivity index (χ3v) is 2.51. The van der Waals surface area contributed by atoms with Crippen LogP contribution in [0.3, 0.4) is 0 Å². The first-order valence-electron chi connectivity index (χ1n) is 5.88. The lowest BCUT2D eigenvalue weighted by atomic mass is 10.1. The Hall–Kier alpha value is -2.95. The molecule has 2 rings (SSSR count). The van der Waals surface area contributed by atoms with E-state index in [4.69, 9.17) is 5.11 Å². The van der Waals surface area contributed by atoms with E-state index in [0.29, 0.717) is 16.9 Å². The van der Waals surface area contributed by atoms with Gasteiger partial charge in [0.2, 0.25) is 0 Å². The summed E-state index contributed by atoms with van der Waals surface area (Å²) in [5.74, 6) is -0.169. The van der Waals surface area contributed by atoms with Crippen LogP contribution in [-0.2, 0) is 0 Å². The molecule has 0 aliphatic heterocycles. The Bertz CT molecular complexity index is 634. The number of benzene rings is 1. The molecule has 5 nitrogen and oxygen atoms in total. The van der Waals surface area contributed by atoms with Gasteiger partial charge in [0, 0.05) is 17.4 Å². The molecule has 0 aliphatic carbocycles. The van der Waals surface area contributed by atoms with E-state index in [9.17, 15) is 9.59 Å². The minimum absolute atomic E-state index is 0.169. The average Bonchev–Trinajstić information content (AvgIpc) is 2.46. The van der Waals surface area contributed by atoms with Crippen LogP contribution in [0, 0.1) is 0 Å². The number of carbonyl (C=O) groups excluding carboxylic acids is 1. The Kier molecular flexibility index (Phi) is 4.24. The number of nitrogens with one attached hydrogen (secondary N) is 1. The van der Waals surface area contributed by atoms with Gasteiger partial charge in [0.25, 0.3) is 0 Å². The van der Waals surface area contributed by atoms with E-state index in [2.05, 4.69) is 10.3 Å². The monoisotopic (exact) mass is 268 g/mol. The van der Waals surface area contributed by atoms with Crippen LogP contribution >= 0.6 is 0 Å². The van der Waals surface area contributed by atoms with Crippen molar-refractivity contribution in [3.05, 3.63) is 66.0 Å². The van der Waals surface area contributed by atoms with Crippen molar-refractivity contribution in [2.75, 3.05) is 5.32 Å². The highest BCUT2D eigenvalue weighted by Crippen LogP contribution is 2.11. The number of rotatable bonds is 4. The number of pyridine rings is 1. The van der Waals surface area contributed by atoms with Crippen LogP contribution < -0.4 is 5.32 Å². The largest absolute Gasteiger partial charge is 0.465 e.